The predicted octanol–water partition coefficient (Wildman–Crippen LogP) is 4.02. The van der Waals surface area contributed by atoms with E-state index >= 15 is 0 Å². The summed E-state index contributed by atoms with van der Waals surface area (Å²) in [5.41, 5.74) is 1.51. The van der Waals surface area contributed by atoms with Crippen LogP contribution >= 0.6 is 0 Å². The molecular weight excluding hydrogens is 253 g/mol. The van der Waals surface area contributed by atoms with E-state index in [1.54, 1.807) is 35.3 Å². The highest BCUT2D eigenvalue weighted by molar-refractivity contribution is 5.66. The summed E-state index contributed by atoms with van der Waals surface area (Å²) in [4.78, 5) is 3.98. The zero-order chi connectivity index (χ0) is 13.5. The van der Waals surface area contributed by atoms with E-state index in [1.807, 2.05) is 6.07 Å². The maximum Gasteiger partial charge on any atom is 0.416 e. The van der Waals surface area contributed by atoms with Crippen molar-refractivity contribution in [3.05, 3.63) is 60.7 Å². The van der Waals surface area contributed by atoms with Crippen molar-refractivity contribution in [1.82, 2.24) is 9.38 Å². The third-order valence-electron chi connectivity index (χ3n) is 2.93. The fourth-order valence-corrected chi connectivity index (χ4v) is 1.97. The first-order chi connectivity index (χ1) is 9.04. The molecule has 0 aliphatic carbocycles. The minimum atomic E-state index is -4.32. The maximum absolute atomic E-state index is 12.7. The van der Waals surface area contributed by atoms with Crippen molar-refractivity contribution in [2.45, 2.75) is 6.18 Å². The molecule has 0 amide bonds. The zero-order valence-electron chi connectivity index (χ0n) is 9.72. The summed E-state index contributed by atoms with van der Waals surface area (Å²) < 4.78 is 39.8. The third-order valence-corrected chi connectivity index (χ3v) is 2.93. The smallest absolute Gasteiger partial charge is 0.306 e. The molecule has 0 atom stereocenters. The first-order valence-corrected chi connectivity index (χ1v) is 5.63. The van der Waals surface area contributed by atoms with Crippen LogP contribution in [0.2, 0.25) is 0 Å². The largest absolute Gasteiger partial charge is 0.416 e. The molecule has 5 heteroatoms. The van der Waals surface area contributed by atoms with E-state index in [9.17, 15) is 13.2 Å². The molecule has 3 rings (SSSR count). The first-order valence-electron chi connectivity index (χ1n) is 5.63. The molecule has 19 heavy (non-hydrogen) atoms. The van der Waals surface area contributed by atoms with Crippen molar-refractivity contribution in [3.8, 4) is 11.1 Å². The van der Waals surface area contributed by atoms with E-state index in [1.165, 1.54) is 6.07 Å². The lowest BCUT2D eigenvalue weighted by Crippen LogP contribution is -2.04. The highest BCUT2D eigenvalue weighted by atomic mass is 19.4. The minimum absolute atomic E-state index is 0.533. The molecule has 0 radical (unpaired) electrons. The van der Waals surface area contributed by atoms with Gasteiger partial charge >= 0.3 is 6.18 Å². The highest BCUT2D eigenvalue weighted by Gasteiger charge is 2.30. The summed E-state index contributed by atoms with van der Waals surface area (Å²) in [5.74, 6) is 0. The van der Waals surface area contributed by atoms with Gasteiger partial charge in [0.1, 0.15) is 0 Å². The van der Waals surface area contributed by atoms with E-state index in [4.69, 9.17) is 0 Å². The SMILES string of the molecule is FC(F)(F)c1cccc(-c2ccc3cncn3c2)c1. The Kier molecular flexibility index (Phi) is 2.55. The summed E-state index contributed by atoms with van der Waals surface area (Å²) in [6.07, 6.45) is 0.745. The molecule has 96 valence electrons. The van der Waals surface area contributed by atoms with Gasteiger partial charge in [0.25, 0.3) is 0 Å². The van der Waals surface area contributed by atoms with E-state index in [0.717, 1.165) is 23.2 Å². The second-order valence-electron chi connectivity index (χ2n) is 4.22. The van der Waals surface area contributed by atoms with Crippen LogP contribution in [0.1, 0.15) is 5.56 Å². The number of hydrogen-bond donors (Lipinski definition) is 0. The van der Waals surface area contributed by atoms with Gasteiger partial charge in [-0.1, -0.05) is 18.2 Å². The quantitative estimate of drug-likeness (QED) is 0.647. The number of halogens is 3. The van der Waals surface area contributed by atoms with E-state index in [-0.39, 0.29) is 0 Å². The Bertz CT molecular complexity index is 729. The standard InChI is InChI=1S/C14H9F3N2/c15-14(16,17)12-3-1-2-10(6-12)11-4-5-13-7-18-9-19(13)8-11/h1-9H. The van der Waals surface area contributed by atoms with Crippen LogP contribution in [-0.4, -0.2) is 9.38 Å². The molecule has 0 bridgehead atoms. The molecule has 0 fully saturated rings. The second kappa shape index (κ2) is 4.12. The summed E-state index contributed by atoms with van der Waals surface area (Å²) in [5, 5.41) is 0. The van der Waals surface area contributed by atoms with Gasteiger partial charge in [0.2, 0.25) is 0 Å². The van der Waals surface area contributed by atoms with Gasteiger partial charge in [-0.15, -0.1) is 0 Å². The number of hydrogen-bond acceptors (Lipinski definition) is 1. The molecule has 0 aliphatic rings. The van der Waals surface area contributed by atoms with Crippen LogP contribution in [0.15, 0.2) is 55.1 Å². The van der Waals surface area contributed by atoms with Crippen molar-refractivity contribution >= 4 is 5.52 Å². The second-order valence-corrected chi connectivity index (χ2v) is 4.22. The van der Waals surface area contributed by atoms with Gasteiger partial charge in [-0.2, -0.15) is 13.2 Å². The fraction of sp³-hybridized carbons (Fsp3) is 0.0714. The van der Waals surface area contributed by atoms with Crippen LogP contribution in [0.3, 0.4) is 0 Å². The topological polar surface area (TPSA) is 17.3 Å². The van der Waals surface area contributed by atoms with Crippen LogP contribution in [0.25, 0.3) is 16.6 Å². The van der Waals surface area contributed by atoms with Gasteiger partial charge < -0.3 is 4.40 Å². The normalized spacial score (nSPS) is 11.9. The lowest BCUT2D eigenvalue weighted by molar-refractivity contribution is -0.137. The number of imidazole rings is 1. The number of aromatic nitrogens is 2. The number of fused-ring (bicyclic) bond motifs is 1. The third kappa shape index (κ3) is 2.19. The number of nitrogens with zero attached hydrogens (tertiary/aromatic N) is 2. The van der Waals surface area contributed by atoms with Crippen LogP contribution in [0.5, 0.6) is 0 Å². The van der Waals surface area contributed by atoms with Gasteiger partial charge in [-0.25, -0.2) is 4.98 Å². The Morgan fingerprint density at radius 1 is 1.00 bits per heavy atom. The van der Waals surface area contributed by atoms with Gasteiger partial charge in [-0.3, -0.25) is 0 Å². The predicted molar refractivity (Wildman–Crippen MR) is 65.6 cm³/mol. The maximum atomic E-state index is 12.7. The minimum Gasteiger partial charge on any atom is -0.306 e. The average Bonchev–Trinajstić information content (AvgIpc) is 2.85. The summed E-state index contributed by atoms with van der Waals surface area (Å²) in [6, 6.07) is 8.90. The summed E-state index contributed by atoms with van der Waals surface area (Å²) >= 11 is 0. The Hall–Kier alpha value is -2.30. The van der Waals surface area contributed by atoms with E-state index < -0.39 is 11.7 Å². The monoisotopic (exact) mass is 262 g/mol. The molecule has 2 aromatic heterocycles. The highest BCUT2D eigenvalue weighted by Crippen LogP contribution is 2.32. The Labute approximate surface area is 107 Å². The zero-order valence-corrected chi connectivity index (χ0v) is 9.72. The molecule has 0 saturated heterocycles. The molecule has 2 heterocycles. The first kappa shape index (κ1) is 11.8. The molecule has 2 nitrogen and oxygen atoms in total. The molecule has 0 saturated carbocycles. The van der Waals surface area contributed by atoms with Crippen LogP contribution in [0, 0.1) is 0 Å². The van der Waals surface area contributed by atoms with Gasteiger partial charge in [0.05, 0.1) is 23.6 Å². The Balaban J connectivity index is 2.10. The Morgan fingerprint density at radius 2 is 1.84 bits per heavy atom. The van der Waals surface area contributed by atoms with Crippen molar-refractivity contribution in [2.24, 2.45) is 0 Å². The molecule has 0 spiro atoms. The van der Waals surface area contributed by atoms with Crippen molar-refractivity contribution in [3.63, 3.8) is 0 Å². The van der Waals surface area contributed by atoms with E-state index in [2.05, 4.69) is 4.98 Å². The van der Waals surface area contributed by atoms with Gasteiger partial charge in [-0.05, 0) is 29.3 Å². The number of pyridine rings is 1. The molecule has 0 N–H and O–H groups in total. The molecule has 0 unspecified atom stereocenters. The van der Waals surface area contributed by atoms with Crippen LogP contribution in [-0.2, 0) is 6.18 Å². The number of alkyl halides is 3. The van der Waals surface area contributed by atoms with Crippen molar-refractivity contribution in [2.75, 3.05) is 0 Å². The van der Waals surface area contributed by atoms with Gasteiger partial charge in [0, 0.05) is 6.20 Å². The molecular formula is C14H9F3N2. The fourth-order valence-electron chi connectivity index (χ4n) is 1.97. The van der Waals surface area contributed by atoms with Crippen LogP contribution < -0.4 is 0 Å². The lowest BCUT2D eigenvalue weighted by atomic mass is 10.0. The lowest BCUT2D eigenvalue weighted by Gasteiger charge is -2.09. The average molecular weight is 262 g/mol. The van der Waals surface area contributed by atoms with Crippen LogP contribution in [0.4, 0.5) is 13.2 Å². The molecule has 3 aromatic rings. The van der Waals surface area contributed by atoms with Crippen molar-refractivity contribution in [1.29, 1.82) is 0 Å². The van der Waals surface area contributed by atoms with Crippen molar-refractivity contribution < 1.29 is 13.2 Å². The number of rotatable bonds is 1. The molecule has 1 aromatic carbocycles. The molecule has 0 aliphatic heterocycles. The van der Waals surface area contributed by atoms with E-state index in [0.29, 0.717) is 5.56 Å². The summed E-state index contributed by atoms with van der Waals surface area (Å²) in [7, 11) is 0. The summed E-state index contributed by atoms with van der Waals surface area (Å²) in [6.45, 7) is 0. The van der Waals surface area contributed by atoms with Gasteiger partial charge in [0.15, 0.2) is 0 Å². The number of benzene rings is 1. The Morgan fingerprint density at radius 3 is 2.63 bits per heavy atom.